The van der Waals surface area contributed by atoms with Gasteiger partial charge in [0.15, 0.2) is 0 Å². The fourth-order valence-corrected chi connectivity index (χ4v) is 2.14. The highest BCUT2D eigenvalue weighted by Crippen LogP contribution is 2.34. The zero-order valence-corrected chi connectivity index (χ0v) is 13.7. The Labute approximate surface area is 135 Å². The zero-order chi connectivity index (χ0) is 16.1. The van der Waals surface area contributed by atoms with Crippen molar-refractivity contribution >= 4 is 21.9 Å². The zero-order valence-electron chi connectivity index (χ0n) is 12.1. The van der Waals surface area contributed by atoms with Gasteiger partial charge >= 0.3 is 12.0 Å². The molecule has 2 aromatic rings. The molecule has 116 valence electrons. The van der Waals surface area contributed by atoms with Crippen molar-refractivity contribution in [2.45, 2.75) is 0 Å². The Morgan fingerprint density at radius 1 is 1.05 bits per heavy atom. The smallest absolute Gasteiger partial charge is 0.341 e. The van der Waals surface area contributed by atoms with Crippen molar-refractivity contribution in [1.29, 1.82) is 0 Å². The summed E-state index contributed by atoms with van der Waals surface area (Å²) in [5.74, 6) is 0.238. The lowest BCUT2D eigenvalue weighted by molar-refractivity contribution is 0.0598. The number of aromatic nitrogens is 2. The fourth-order valence-electron chi connectivity index (χ4n) is 1.64. The second-order valence-corrected chi connectivity index (χ2v) is 4.72. The predicted molar refractivity (Wildman–Crippen MR) is 80.7 cm³/mol. The molecule has 0 unspecified atom stereocenters. The molecule has 1 aromatic carbocycles. The van der Waals surface area contributed by atoms with Gasteiger partial charge in [-0.15, -0.1) is 0 Å². The number of para-hydroxylation sites is 1. The normalized spacial score (nSPS) is 10.0. The molecule has 0 saturated heterocycles. The molecule has 0 aliphatic rings. The molecule has 0 fully saturated rings. The van der Waals surface area contributed by atoms with E-state index in [4.69, 9.17) is 18.9 Å². The van der Waals surface area contributed by atoms with Crippen molar-refractivity contribution < 1.29 is 23.7 Å². The van der Waals surface area contributed by atoms with Gasteiger partial charge in [-0.1, -0.05) is 12.1 Å². The third kappa shape index (κ3) is 3.28. The van der Waals surface area contributed by atoms with Crippen LogP contribution < -0.4 is 14.2 Å². The summed E-state index contributed by atoms with van der Waals surface area (Å²) in [5.41, 5.74) is 0.259. The van der Waals surface area contributed by atoms with E-state index in [1.165, 1.54) is 21.3 Å². The second kappa shape index (κ2) is 7.08. The number of carbonyl (C=O) groups is 1. The predicted octanol–water partition coefficient (Wildman–Crippen LogP) is 2.84. The molecule has 0 bridgehead atoms. The topological polar surface area (TPSA) is 79.8 Å². The van der Waals surface area contributed by atoms with Gasteiger partial charge in [-0.3, -0.25) is 0 Å². The molecule has 22 heavy (non-hydrogen) atoms. The number of halogens is 1. The molecule has 0 N–H and O–H groups in total. The van der Waals surface area contributed by atoms with Gasteiger partial charge in [-0.2, -0.15) is 9.97 Å². The molecule has 1 aromatic heterocycles. The Morgan fingerprint density at radius 3 is 2.18 bits per heavy atom. The van der Waals surface area contributed by atoms with Crippen molar-refractivity contribution in [3.63, 3.8) is 0 Å². The van der Waals surface area contributed by atoms with Gasteiger partial charge in [-0.05, 0) is 28.1 Å². The Hall–Kier alpha value is -2.35. The molecule has 2 rings (SSSR count). The van der Waals surface area contributed by atoms with Crippen LogP contribution in [-0.4, -0.2) is 37.3 Å². The van der Waals surface area contributed by atoms with E-state index < -0.39 is 5.97 Å². The van der Waals surface area contributed by atoms with Gasteiger partial charge in [0.05, 0.1) is 21.3 Å². The van der Waals surface area contributed by atoms with Gasteiger partial charge in [-0.25, -0.2) is 4.79 Å². The summed E-state index contributed by atoms with van der Waals surface area (Å²) in [4.78, 5) is 19.9. The van der Waals surface area contributed by atoms with E-state index in [-0.39, 0.29) is 29.1 Å². The first kappa shape index (κ1) is 16.0. The van der Waals surface area contributed by atoms with E-state index in [0.717, 1.165) is 0 Å². The molecule has 0 saturated carbocycles. The number of methoxy groups -OCH3 is 3. The molecular formula is C14H13BrN2O5. The summed E-state index contributed by atoms with van der Waals surface area (Å²) in [6.45, 7) is 0. The van der Waals surface area contributed by atoms with Crippen LogP contribution in [0.3, 0.4) is 0 Å². The van der Waals surface area contributed by atoms with Crippen molar-refractivity contribution in [3.05, 3.63) is 34.3 Å². The maximum absolute atomic E-state index is 11.7. The third-order valence-electron chi connectivity index (χ3n) is 2.65. The van der Waals surface area contributed by atoms with Crippen molar-refractivity contribution in [1.82, 2.24) is 9.97 Å². The first-order chi connectivity index (χ1) is 10.6. The molecule has 8 heteroatoms. The van der Waals surface area contributed by atoms with Crippen molar-refractivity contribution in [3.8, 4) is 23.5 Å². The quantitative estimate of drug-likeness (QED) is 0.750. The lowest BCUT2D eigenvalue weighted by atomic mass is 10.2. The number of nitrogens with zero attached hydrogens (tertiary/aromatic N) is 2. The lowest BCUT2D eigenvalue weighted by Crippen LogP contribution is -2.05. The average Bonchev–Trinajstić information content (AvgIpc) is 2.56. The molecule has 0 spiro atoms. The molecular weight excluding hydrogens is 356 g/mol. The summed E-state index contributed by atoms with van der Waals surface area (Å²) >= 11 is 3.27. The highest BCUT2D eigenvalue weighted by atomic mass is 79.9. The van der Waals surface area contributed by atoms with E-state index in [1.807, 2.05) is 0 Å². The fraction of sp³-hybridized carbons (Fsp3) is 0.214. The minimum Gasteiger partial charge on any atom is -0.480 e. The summed E-state index contributed by atoms with van der Waals surface area (Å²) in [6, 6.07) is 6.58. The van der Waals surface area contributed by atoms with Crippen LogP contribution in [0.5, 0.6) is 23.5 Å². The van der Waals surface area contributed by atoms with E-state index in [9.17, 15) is 4.79 Å². The Morgan fingerprint density at radius 2 is 1.64 bits per heavy atom. The van der Waals surface area contributed by atoms with Crippen LogP contribution in [0, 0.1) is 0 Å². The number of hydrogen-bond acceptors (Lipinski definition) is 7. The number of carbonyl (C=O) groups excluding carboxylic acids is 1. The minimum atomic E-state index is -0.522. The SMILES string of the molecule is COC(=O)c1ccccc1Oc1nc(OC)c(Br)c(OC)n1. The number of ether oxygens (including phenoxy) is 4. The van der Waals surface area contributed by atoms with Crippen molar-refractivity contribution in [2.24, 2.45) is 0 Å². The van der Waals surface area contributed by atoms with Crippen LogP contribution in [0.2, 0.25) is 0 Å². The summed E-state index contributed by atoms with van der Waals surface area (Å²) in [6.07, 6.45) is 0. The Bertz CT molecular complexity index is 668. The number of hydrogen-bond donors (Lipinski definition) is 0. The summed E-state index contributed by atoms with van der Waals surface area (Å²) in [5, 5.41) is 0. The Kier molecular flexibility index (Phi) is 5.16. The highest BCUT2D eigenvalue weighted by molar-refractivity contribution is 9.10. The van der Waals surface area contributed by atoms with Crippen LogP contribution >= 0.6 is 15.9 Å². The first-order valence-electron chi connectivity index (χ1n) is 6.11. The van der Waals surface area contributed by atoms with Crippen LogP contribution in [0.25, 0.3) is 0 Å². The summed E-state index contributed by atoms with van der Waals surface area (Å²) in [7, 11) is 4.21. The van der Waals surface area contributed by atoms with Crippen LogP contribution in [0.4, 0.5) is 0 Å². The molecule has 1 heterocycles. The maximum Gasteiger partial charge on any atom is 0.341 e. The number of esters is 1. The van der Waals surface area contributed by atoms with Gasteiger partial charge in [0.2, 0.25) is 11.8 Å². The highest BCUT2D eigenvalue weighted by Gasteiger charge is 2.18. The largest absolute Gasteiger partial charge is 0.480 e. The van der Waals surface area contributed by atoms with Gasteiger partial charge in [0.1, 0.15) is 15.8 Å². The lowest BCUT2D eigenvalue weighted by Gasteiger charge is -2.11. The first-order valence-corrected chi connectivity index (χ1v) is 6.90. The molecule has 7 nitrogen and oxygen atoms in total. The molecule has 0 aliphatic carbocycles. The van der Waals surface area contributed by atoms with E-state index in [2.05, 4.69) is 25.9 Å². The van der Waals surface area contributed by atoms with Crippen LogP contribution in [0.15, 0.2) is 28.7 Å². The minimum absolute atomic E-state index is 0.0201. The standard InChI is InChI=1S/C14H13BrN2O5/c1-19-11-10(15)12(20-2)17-14(16-11)22-9-7-5-4-6-8(9)13(18)21-3/h4-7H,1-3H3. The van der Waals surface area contributed by atoms with E-state index >= 15 is 0 Å². The Balaban J connectivity index is 2.41. The molecule has 0 radical (unpaired) electrons. The number of benzene rings is 1. The van der Waals surface area contributed by atoms with Crippen molar-refractivity contribution in [2.75, 3.05) is 21.3 Å². The molecule has 0 amide bonds. The van der Waals surface area contributed by atoms with E-state index in [1.54, 1.807) is 24.3 Å². The second-order valence-electron chi connectivity index (χ2n) is 3.93. The molecule has 0 atom stereocenters. The summed E-state index contributed by atoms with van der Waals surface area (Å²) < 4.78 is 21.0. The van der Waals surface area contributed by atoms with Gasteiger partial charge < -0.3 is 18.9 Å². The third-order valence-corrected chi connectivity index (χ3v) is 3.33. The van der Waals surface area contributed by atoms with Crippen LogP contribution in [0.1, 0.15) is 10.4 Å². The monoisotopic (exact) mass is 368 g/mol. The van der Waals surface area contributed by atoms with Gasteiger partial charge in [0.25, 0.3) is 0 Å². The van der Waals surface area contributed by atoms with Gasteiger partial charge in [0, 0.05) is 0 Å². The maximum atomic E-state index is 11.7. The van der Waals surface area contributed by atoms with Crippen LogP contribution in [-0.2, 0) is 4.74 Å². The number of rotatable bonds is 5. The average molecular weight is 369 g/mol. The molecule has 0 aliphatic heterocycles. The van der Waals surface area contributed by atoms with E-state index in [0.29, 0.717) is 4.47 Å².